The molecule has 0 saturated carbocycles. The second-order valence-corrected chi connectivity index (χ2v) is 6.15. The number of benzene rings is 2. The van der Waals surface area contributed by atoms with Crippen molar-refractivity contribution in [1.82, 2.24) is 4.90 Å². The van der Waals surface area contributed by atoms with Gasteiger partial charge in [0, 0.05) is 24.3 Å². The monoisotopic (exact) mass is 337 g/mol. The van der Waals surface area contributed by atoms with Crippen LogP contribution in [0.15, 0.2) is 53.5 Å². The van der Waals surface area contributed by atoms with Crippen molar-refractivity contribution in [1.29, 1.82) is 0 Å². The smallest absolute Gasteiger partial charge is 0.347 e. The summed E-state index contributed by atoms with van der Waals surface area (Å²) < 4.78 is 5.42. The Bertz CT molecular complexity index is 766. The number of amidine groups is 1. The predicted octanol–water partition coefficient (Wildman–Crippen LogP) is 3.61. The summed E-state index contributed by atoms with van der Waals surface area (Å²) in [6.45, 7) is 6.71. The minimum Gasteiger partial charge on any atom is -0.378 e. The van der Waals surface area contributed by atoms with Gasteiger partial charge in [-0.15, -0.1) is 0 Å². The van der Waals surface area contributed by atoms with E-state index in [1.807, 2.05) is 62.4 Å². The molecule has 0 bridgehead atoms. The van der Waals surface area contributed by atoms with Crippen LogP contribution in [0.25, 0.3) is 0 Å². The molecule has 0 spiro atoms. The van der Waals surface area contributed by atoms with E-state index in [0.717, 1.165) is 35.5 Å². The zero-order valence-electron chi connectivity index (χ0n) is 14.7. The molecule has 5 heteroatoms. The number of ether oxygens (including phenoxy) is 1. The summed E-state index contributed by atoms with van der Waals surface area (Å²) >= 11 is 0. The van der Waals surface area contributed by atoms with E-state index in [1.165, 1.54) is 0 Å². The first kappa shape index (κ1) is 17.2. The molecule has 3 rings (SSSR count). The number of aliphatic imine (C=N–C) groups is 1. The number of nitrogens with zero attached hydrogens (tertiary/aromatic N) is 2. The Hall–Kier alpha value is -2.66. The fourth-order valence-corrected chi connectivity index (χ4v) is 2.79. The van der Waals surface area contributed by atoms with Crippen LogP contribution >= 0.6 is 0 Å². The summed E-state index contributed by atoms with van der Waals surface area (Å²) in [5.41, 5.74) is 3.84. The molecule has 5 nitrogen and oxygen atoms in total. The van der Waals surface area contributed by atoms with Crippen molar-refractivity contribution in [3.8, 4) is 0 Å². The number of hydrogen-bond donors (Lipinski definition) is 1. The van der Waals surface area contributed by atoms with Crippen molar-refractivity contribution in [2.24, 2.45) is 4.99 Å². The van der Waals surface area contributed by atoms with Crippen molar-refractivity contribution in [2.45, 2.75) is 13.8 Å². The number of carbonyl (C=O) groups excluding carboxylic acids is 1. The molecule has 2 amide bonds. The summed E-state index contributed by atoms with van der Waals surface area (Å²) in [5, 5.41) is 2.91. The zero-order valence-corrected chi connectivity index (χ0v) is 14.7. The summed E-state index contributed by atoms with van der Waals surface area (Å²) in [6.07, 6.45) is 0. The summed E-state index contributed by atoms with van der Waals surface area (Å²) in [4.78, 5) is 19.0. The number of urea groups is 1. The predicted molar refractivity (Wildman–Crippen MR) is 100 cm³/mol. The Morgan fingerprint density at radius 2 is 1.80 bits per heavy atom. The lowest BCUT2D eigenvalue weighted by Crippen LogP contribution is -2.41. The fraction of sp³-hybridized carbons (Fsp3) is 0.300. The molecule has 2 aromatic rings. The first-order chi connectivity index (χ1) is 12.1. The zero-order chi connectivity index (χ0) is 17.6. The van der Waals surface area contributed by atoms with Gasteiger partial charge in [-0.1, -0.05) is 42.5 Å². The standard InChI is InChI=1S/C20H23N3O2/c1-15-8-9-16(2)18(14-15)21-20(24)22-19(17-6-4-3-5-7-17)23-10-12-25-13-11-23/h3-9,14H,10-13H2,1-2H3,(H,21,24). The normalized spacial score (nSPS) is 15.1. The second-order valence-electron chi connectivity index (χ2n) is 6.15. The van der Waals surface area contributed by atoms with E-state index < -0.39 is 0 Å². The Morgan fingerprint density at radius 3 is 2.52 bits per heavy atom. The van der Waals surface area contributed by atoms with E-state index in [1.54, 1.807) is 0 Å². The van der Waals surface area contributed by atoms with Gasteiger partial charge in [-0.2, -0.15) is 4.99 Å². The molecular weight excluding hydrogens is 314 g/mol. The SMILES string of the molecule is Cc1ccc(C)c(NC(=O)N=C(c2ccccc2)N2CCOCC2)c1. The van der Waals surface area contributed by atoms with Gasteiger partial charge in [0.25, 0.3) is 0 Å². The Kier molecular flexibility index (Phi) is 5.46. The van der Waals surface area contributed by atoms with E-state index in [9.17, 15) is 4.79 Å². The number of carbonyl (C=O) groups is 1. The van der Waals surface area contributed by atoms with Gasteiger partial charge >= 0.3 is 6.03 Å². The molecule has 1 aliphatic rings. The van der Waals surface area contributed by atoms with Crippen LogP contribution in [-0.4, -0.2) is 43.1 Å². The maximum atomic E-state index is 12.5. The minimum absolute atomic E-state index is 0.362. The maximum absolute atomic E-state index is 12.5. The van der Waals surface area contributed by atoms with E-state index in [0.29, 0.717) is 19.0 Å². The quantitative estimate of drug-likeness (QED) is 0.673. The Labute approximate surface area is 148 Å². The average Bonchev–Trinajstić information content (AvgIpc) is 2.64. The topological polar surface area (TPSA) is 53.9 Å². The number of hydrogen-bond acceptors (Lipinski definition) is 2. The number of rotatable bonds is 2. The van der Waals surface area contributed by atoms with Crippen LogP contribution in [0.5, 0.6) is 0 Å². The number of morpholine rings is 1. The lowest BCUT2D eigenvalue weighted by molar-refractivity contribution is 0.0682. The molecule has 1 saturated heterocycles. The third-order valence-electron chi connectivity index (χ3n) is 4.18. The van der Waals surface area contributed by atoms with Gasteiger partial charge < -0.3 is 15.0 Å². The number of anilines is 1. The highest BCUT2D eigenvalue weighted by atomic mass is 16.5. The molecule has 0 unspecified atom stereocenters. The first-order valence-electron chi connectivity index (χ1n) is 8.48. The summed E-state index contributed by atoms with van der Waals surface area (Å²) in [6, 6.07) is 15.4. The molecule has 25 heavy (non-hydrogen) atoms. The highest BCUT2D eigenvalue weighted by molar-refractivity contribution is 6.07. The van der Waals surface area contributed by atoms with Crippen molar-refractivity contribution in [2.75, 3.05) is 31.6 Å². The molecule has 130 valence electrons. The van der Waals surface area contributed by atoms with E-state index in [2.05, 4.69) is 15.2 Å². The van der Waals surface area contributed by atoms with Crippen molar-refractivity contribution in [3.63, 3.8) is 0 Å². The van der Waals surface area contributed by atoms with Crippen molar-refractivity contribution in [3.05, 3.63) is 65.2 Å². The number of nitrogens with one attached hydrogen (secondary N) is 1. The van der Waals surface area contributed by atoms with Crippen LogP contribution in [0.4, 0.5) is 10.5 Å². The fourth-order valence-electron chi connectivity index (χ4n) is 2.79. The van der Waals surface area contributed by atoms with E-state index >= 15 is 0 Å². The largest absolute Gasteiger partial charge is 0.378 e. The number of amides is 2. The molecule has 0 radical (unpaired) electrons. The summed E-state index contributed by atoms with van der Waals surface area (Å²) in [5.74, 6) is 0.687. The summed E-state index contributed by atoms with van der Waals surface area (Å²) in [7, 11) is 0. The molecule has 1 fully saturated rings. The lowest BCUT2D eigenvalue weighted by Gasteiger charge is -2.29. The van der Waals surface area contributed by atoms with Gasteiger partial charge in [0.15, 0.2) is 0 Å². The molecule has 1 N–H and O–H groups in total. The Morgan fingerprint density at radius 1 is 1.08 bits per heavy atom. The van der Waals surface area contributed by atoms with Crippen molar-refractivity contribution >= 4 is 17.6 Å². The van der Waals surface area contributed by atoms with Crippen LogP contribution in [-0.2, 0) is 4.74 Å². The van der Waals surface area contributed by atoms with Gasteiger partial charge in [0.05, 0.1) is 13.2 Å². The van der Waals surface area contributed by atoms with Crippen LogP contribution in [0, 0.1) is 13.8 Å². The molecular formula is C20H23N3O2. The second kappa shape index (κ2) is 7.94. The third kappa shape index (κ3) is 4.45. The molecule has 1 aliphatic heterocycles. The number of aryl methyl sites for hydroxylation is 2. The third-order valence-corrected chi connectivity index (χ3v) is 4.18. The molecule has 1 heterocycles. The van der Waals surface area contributed by atoms with Crippen LogP contribution in [0.3, 0.4) is 0 Å². The van der Waals surface area contributed by atoms with Crippen molar-refractivity contribution < 1.29 is 9.53 Å². The van der Waals surface area contributed by atoms with Crippen LogP contribution in [0.2, 0.25) is 0 Å². The highest BCUT2D eigenvalue weighted by Gasteiger charge is 2.18. The van der Waals surface area contributed by atoms with E-state index in [-0.39, 0.29) is 6.03 Å². The molecule has 2 aromatic carbocycles. The van der Waals surface area contributed by atoms with Crippen LogP contribution < -0.4 is 5.32 Å². The minimum atomic E-state index is -0.362. The lowest BCUT2D eigenvalue weighted by atomic mass is 10.1. The molecule has 0 aliphatic carbocycles. The van der Waals surface area contributed by atoms with E-state index in [4.69, 9.17) is 4.74 Å². The first-order valence-corrected chi connectivity index (χ1v) is 8.48. The molecule has 0 aromatic heterocycles. The van der Waals surface area contributed by atoms with Gasteiger partial charge in [-0.25, -0.2) is 4.79 Å². The Balaban J connectivity index is 1.86. The molecule has 0 atom stereocenters. The van der Waals surface area contributed by atoms with Crippen LogP contribution in [0.1, 0.15) is 16.7 Å². The highest BCUT2D eigenvalue weighted by Crippen LogP contribution is 2.17. The van der Waals surface area contributed by atoms with Gasteiger partial charge in [-0.05, 0) is 31.0 Å². The van der Waals surface area contributed by atoms with Gasteiger partial charge in [-0.3, -0.25) is 0 Å². The van der Waals surface area contributed by atoms with Gasteiger partial charge in [0.2, 0.25) is 0 Å². The average molecular weight is 337 g/mol. The van der Waals surface area contributed by atoms with Gasteiger partial charge in [0.1, 0.15) is 5.84 Å². The maximum Gasteiger partial charge on any atom is 0.347 e.